The van der Waals surface area contributed by atoms with Crippen LogP contribution in [0.2, 0.25) is 0 Å². The van der Waals surface area contributed by atoms with Crippen LogP contribution in [0.5, 0.6) is 0 Å². The Labute approximate surface area is 150 Å². The third-order valence-corrected chi connectivity index (χ3v) is 5.82. The topological polar surface area (TPSA) is 63.7 Å². The highest BCUT2D eigenvalue weighted by atomic mass is 32.2. The van der Waals surface area contributed by atoms with Crippen LogP contribution in [0.4, 0.5) is 4.79 Å². The Morgan fingerprint density at radius 3 is 2.08 bits per heavy atom. The molecule has 0 heterocycles. The van der Waals surface area contributed by atoms with Crippen LogP contribution >= 0.6 is 0 Å². The minimum atomic E-state index is -3.97. The van der Waals surface area contributed by atoms with Gasteiger partial charge in [0.05, 0.1) is 10.9 Å². The highest BCUT2D eigenvalue weighted by Crippen LogP contribution is 2.27. The maximum absolute atomic E-state index is 13.2. The maximum atomic E-state index is 13.2. The molecule has 1 aromatic carbocycles. The first kappa shape index (κ1) is 19.5. The highest BCUT2D eigenvalue weighted by molar-refractivity contribution is 7.89. The first-order valence-corrected chi connectivity index (χ1v) is 10.0. The van der Waals surface area contributed by atoms with Gasteiger partial charge < -0.3 is 4.74 Å². The fourth-order valence-corrected chi connectivity index (χ4v) is 4.31. The van der Waals surface area contributed by atoms with E-state index in [4.69, 9.17) is 4.74 Å². The van der Waals surface area contributed by atoms with Crippen molar-refractivity contribution in [2.75, 3.05) is 0 Å². The lowest BCUT2D eigenvalue weighted by atomic mass is 10.1. The van der Waals surface area contributed by atoms with Crippen molar-refractivity contribution >= 4 is 16.1 Å². The molecule has 5 nitrogen and oxygen atoms in total. The minimum absolute atomic E-state index is 0.112. The molecule has 0 aromatic heterocycles. The minimum Gasteiger partial charge on any atom is -0.443 e. The lowest BCUT2D eigenvalue weighted by Crippen LogP contribution is -2.46. The lowest BCUT2D eigenvalue weighted by molar-refractivity contribution is 0.0329. The summed E-state index contributed by atoms with van der Waals surface area (Å²) in [6, 6.07) is 6.13. The second-order valence-electron chi connectivity index (χ2n) is 7.37. The Morgan fingerprint density at radius 2 is 1.60 bits per heavy atom. The monoisotopic (exact) mass is 365 g/mol. The standard InChI is InChI=1S/C19H27NO4S/c1-15-11-13-17(14-12-15)25(22,23)20(18(21)24-19(2,3)4)16-9-7-5-6-8-10-16/h5-6,11-14,16H,7-10H2,1-4H3. The first-order chi connectivity index (χ1) is 11.6. The quantitative estimate of drug-likeness (QED) is 0.744. The molecule has 0 bridgehead atoms. The smallest absolute Gasteiger partial charge is 0.424 e. The van der Waals surface area contributed by atoms with Crippen LogP contribution in [-0.4, -0.2) is 30.5 Å². The number of sulfonamides is 1. The molecule has 0 radical (unpaired) electrons. The summed E-state index contributed by atoms with van der Waals surface area (Å²) in [7, 11) is -3.97. The molecule has 1 aliphatic rings. The van der Waals surface area contributed by atoms with Gasteiger partial charge in [0.2, 0.25) is 0 Å². The van der Waals surface area contributed by atoms with Crippen molar-refractivity contribution < 1.29 is 17.9 Å². The molecule has 1 aromatic rings. The zero-order valence-electron chi connectivity index (χ0n) is 15.4. The van der Waals surface area contributed by atoms with E-state index in [0.717, 1.165) is 22.7 Å². The average molecular weight is 365 g/mol. The summed E-state index contributed by atoms with van der Waals surface area (Å²) in [5, 5.41) is 0. The number of ether oxygens (including phenoxy) is 1. The number of benzene rings is 1. The van der Waals surface area contributed by atoms with Crippen LogP contribution in [0.1, 0.15) is 52.0 Å². The van der Waals surface area contributed by atoms with Crippen LogP contribution < -0.4 is 0 Å². The molecule has 2 rings (SSSR count). The van der Waals surface area contributed by atoms with Gasteiger partial charge in [-0.3, -0.25) is 0 Å². The molecule has 0 aliphatic heterocycles. The van der Waals surface area contributed by atoms with Gasteiger partial charge in [0.25, 0.3) is 10.0 Å². The van der Waals surface area contributed by atoms with Crippen LogP contribution in [0.25, 0.3) is 0 Å². The van der Waals surface area contributed by atoms with E-state index in [1.165, 1.54) is 12.1 Å². The summed E-state index contributed by atoms with van der Waals surface area (Å²) in [4.78, 5) is 12.9. The van der Waals surface area contributed by atoms with Crippen LogP contribution in [0, 0.1) is 6.92 Å². The molecule has 0 saturated carbocycles. The van der Waals surface area contributed by atoms with E-state index >= 15 is 0 Å². The Balaban J connectivity index is 2.42. The van der Waals surface area contributed by atoms with E-state index in [2.05, 4.69) is 0 Å². The number of hydrogen-bond acceptors (Lipinski definition) is 4. The molecule has 1 aliphatic carbocycles. The number of rotatable bonds is 3. The van der Waals surface area contributed by atoms with E-state index < -0.39 is 27.8 Å². The van der Waals surface area contributed by atoms with E-state index in [0.29, 0.717) is 12.8 Å². The molecular weight excluding hydrogens is 338 g/mol. The van der Waals surface area contributed by atoms with E-state index in [1.807, 2.05) is 19.1 Å². The normalized spacial score (nSPS) is 16.3. The van der Waals surface area contributed by atoms with E-state index in [9.17, 15) is 13.2 Å². The molecule has 0 N–H and O–H groups in total. The van der Waals surface area contributed by atoms with Gasteiger partial charge in [-0.15, -0.1) is 0 Å². The fraction of sp³-hybridized carbons (Fsp3) is 0.526. The Morgan fingerprint density at radius 1 is 1.08 bits per heavy atom. The molecule has 6 heteroatoms. The maximum Gasteiger partial charge on any atom is 0.424 e. The number of carbonyl (C=O) groups is 1. The van der Waals surface area contributed by atoms with Crippen molar-refractivity contribution in [3.63, 3.8) is 0 Å². The molecule has 0 unspecified atom stereocenters. The Bertz CT molecular complexity index is 720. The zero-order chi connectivity index (χ0) is 18.7. The van der Waals surface area contributed by atoms with Gasteiger partial charge in [0, 0.05) is 0 Å². The van der Waals surface area contributed by atoms with Crippen molar-refractivity contribution in [1.29, 1.82) is 0 Å². The molecule has 1 amide bonds. The zero-order valence-corrected chi connectivity index (χ0v) is 16.2. The molecule has 25 heavy (non-hydrogen) atoms. The number of nitrogens with zero attached hydrogens (tertiary/aromatic N) is 1. The average Bonchev–Trinajstić information content (AvgIpc) is 2.74. The molecule has 0 fully saturated rings. The highest BCUT2D eigenvalue weighted by Gasteiger charge is 2.38. The first-order valence-electron chi connectivity index (χ1n) is 8.60. The second kappa shape index (κ2) is 7.60. The van der Waals surface area contributed by atoms with Gasteiger partial charge in [-0.25, -0.2) is 13.2 Å². The summed E-state index contributed by atoms with van der Waals surface area (Å²) in [5.74, 6) is 0. The van der Waals surface area contributed by atoms with Gasteiger partial charge in [-0.2, -0.15) is 4.31 Å². The van der Waals surface area contributed by atoms with Crippen LogP contribution in [0.3, 0.4) is 0 Å². The van der Waals surface area contributed by atoms with Crippen LogP contribution in [-0.2, 0) is 14.8 Å². The fourth-order valence-electron chi connectivity index (χ4n) is 2.77. The van der Waals surface area contributed by atoms with Crippen molar-refractivity contribution in [3.05, 3.63) is 42.0 Å². The van der Waals surface area contributed by atoms with E-state index in [-0.39, 0.29) is 4.90 Å². The number of carbonyl (C=O) groups excluding carboxylic acids is 1. The summed E-state index contributed by atoms with van der Waals surface area (Å²) in [6.07, 6.45) is 5.94. The number of aryl methyl sites for hydroxylation is 1. The van der Waals surface area contributed by atoms with Gasteiger partial charge >= 0.3 is 6.09 Å². The summed E-state index contributed by atoms with van der Waals surface area (Å²) < 4.78 is 32.7. The third kappa shape index (κ3) is 5.08. The van der Waals surface area contributed by atoms with Crippen molar-refractivity contribution in [1.82, 2.24) is 4.31 Å². The Hall–Kier alpha value is -1.82. The molecule has 0 saturated heterocycles. The van der Waals surface area contributed by atoms with Gasteiger partial charge in [0.1, 0.15) is 5.60 Å². The molecule has 0 spiro atoms. The number of allylic oxidation sites excluding steroid dienone is 2. The van der Waals surface area contributed by atoms with Gasteiger partial charge in [-0.1, -0.05) is 29.8 Å². The van der Waals surface area contributed by atoms with Gasteiger partial charge in [-0.05, 0) is 65.5 Å². The SMILES string of the molecule is Cc1ccc(S(=O)(=O)N(C(=O)OC(C)(C)C)C2CCC=CCC2)cc1. The second-order valence-corrected chi connectivity index (χ2v) is 9.19. The number of hydrogen-bond donors (Lipinski definition) is 0. The van der Waals surface area contributed by atoms with E-state index in [1.54, 1.807) is 32.9 Å². The van der Waals surface area contributed by atoms with Crippen LogP contribution in [0.15, 0.2) is 41.3 Å². The Kier molecular flexibility index (Phi) is 5.93. The molecular formula is C19H27NO4S. The summed E-state index contributed by atoms with van der Waals surface area (Å²) >= 11 is 0. The van der Waals surface area contributed by atoms with Gasteiger partial charge in [0.15, 0.2) is 0 Å². The van der Waals surface area contributed by atoms with Crippen molar-refractivity contribution in [3.8, 4) is 0 Å². The predicted octanol–water partition coefficient (Wildman–Crippen LogP) is 4.42. The largest absolute Gasteiger partial charge is 0.443 e. The molecule has 0 atom stereocenters. The lowest BCUT2D eigenvalue weighted by Gasteiger charge is -2.32. The summed E-state index contributed by atoms with van der Waals surface area (Å²) in [5.41, 5.74) is 0.197. The molecule has 138 valence electrons. The summed E-state index contributed by atoms with van der Waals surface area (Å²) in [6.45, 7) is 7.08. The third-order valence-electron chi connectivity index (χ3n) is 3.98. The van der Waals surface area contributed by atoms with Crippen molar-refractivity contribution in [2.45, 2.75) is 69.9 Å². The van der Waals surface area contributed by atoms with Crippen molar-refractivity contribution in [2.24, 2.45) is 0 Å². The predicted molar refractivity (Wildman–Crippen MR) is 97.8 cm³/mol. The number of amides is 1.